The zero-order chi connectivity index (χ0) is 16.7. The van der Waals surface area contributed by atoms with Crippen LogP contribution in [0.25, 0.3) is 5.57 Å². The van der Waals surface area contributed by atoms with Crippen LogP contribution in [0, 0.1) is 11.3 Å². The van der Waals surface area contributed by atoms with Crippen LogP contribution in [-0.4, -0.2) is 40.8 Å². The van der Waals surface area contributed by atoms with Gasteiger partial charge in [0.1, 0.15) is 17.4 Å². The van der Waals surface area contributed by atoms with Gasteiger partial charge in [-0.2, -0.15) is 10.5 Å². The first-order valence-corrected chi connectivity index (χ1v) is 6.53. The molecule has 2 rings (SSSR count). The molecule has 2 aromatic rings. The van der Waals surface area contributed by atoms with Crippen molar-refractivity contribution in [2.24, 2.45) is 0 Å². The number of allylic oxidation sites excluding steroid dienone is 1. The SMILES string of the molecule is COC(=O)Cc1cccc(OC)c1NC=C(C#N)c1nn[nH]n1. The van der Waals surface area contributed by atoms with Gasteiger partial charge >= 0.3 is 5.97 Å². The molecule has 0 aliphatic heterocycles. The number of benzene rings is 1. The maximum Gasteiger partial charge on any atom is 0.310 e. The van der Waals surface area contributed by atoms with Crippen LogP contribution < -0.4 is 10.1 Å². The number of methoxy groups -OCH3 is 2. The molecule has 0 unspecified atom stereocenters. The summed E-state index contributed by atoms with van der Waals surface area (Å²) in [5.41, 5.74) is 1.39. The van der Waals surface area contributed by atoms with Gasteiger partial charge in [0, 0.05) is 6.20 Å². The molecule has 23 heavy (non-hydrogen) atoms. The van der Waals surface area contributed by atoms with Crippen LogP contribution in [0.3, 0.4) is 0 Å². The van der Waals surface area contributed by atoms with Crippen LogP contribution in [0.15, 0.2) is 24.4 Å². The minimum atomic E-state index is -0.385. The molecule has 0 aliphatic rings. The number of aromatic amines is 1. The number of aromatic nitrogens is 4. The van der Waals surface area contributed by atoms with Gasteiger partial charge in [0.2, 0.25) is 5.82 Å². The number of esters is 1. The number of ether oxygens (including phenoxy) is 2. The first kappa shape index (κ1) is 16.0. The molecule has 0 fully saturated rings. The van der Waals surface area contributed by atoms with Crippen LogP contribution in [-0.2, 0) is 16.0 Å². The molecule has 0 saturated carbocycles. The summed E-state index contributed by atoms with van der Waals surface area (Å²) < 4.78 is 9.96. The Kier molecular flexibility index (Phi) is 5.25. The van der Waals surface area contributed by atoms with E-state index in [4.69, 9.17) is 10.00 Å². The number of para-hydroxylation sites is 1. The topological polar surface area (TPSA) is 126 Å². The number of nitriles is 1. The fourth-order valence-corrected chi connectivity index (χ4v) is 1.85. The van der Waals surface area contributed by atoms with E-state index in [1.165, 1.54) is 20.4 Å². The van der Waals surface area contributed by atoms with Crippen molar-refractivity contribution in [1.29, 1.82) is 5.26 Å². The molecule has 0 atom stereocenters. The summed E-state index contributed by atoms with van der Waals surface area (Å²) in [6.45, 7) is 0. The Balaban J connectivity index is 2.34. The molecular formula is C14H14N6O3. The average molecular weight is 314 g/mol. The maximum atomic E-state index is 11.5. The highest BCUT2D eigenvalue weighted by molar-refractivity contribution is 5.79. The summed E-state index contributed by atoms with van der Waals surface area (Å²) in [5, 5.41) is 25.3. The minimum absolute atomic E-state index is 0.0635. The van der Waals surface area contributed by atoms with Crippen molar-refractivity contribution < 1.29 is 14.3 Å². The fraction of sp³-hybridized carbons (Fsp3) is 0.214. The molecule has 0 bridgehead atoms. The Morgan fingerprint density at radius 2 is 2.30 bits per heavy atom. The van der Waals surface area contributed by atoms with Gasteiger partial charge in [0.15, 0.2) is 0 Å². The van der Waals surface area contributed by atoms with Crippen molar-refractivity contribution in [3.63, 3.8) is 0 Å². The third-order valence-corrected chi connectivity index (χ3v) is 2.96. The van der Waals surface area contributed by atoms with Crippen molar-refractivity contribution in [3.8, 4) is 11.8 Å². The van der Waals surface area contributed by atoms with E-state index in [9.17, 15) is 4.79 Å². The van der Waals surface area contributed by atoms with Gasteiger partial charge in [0.25, 0.3) is 0 Å². The largest absolute Gasteiger partial charge is 0.495 e. The Labute approximate surface area is 131 Å². The van der Waals surface area contributed by atoms with Gasteiger partial charge < -0.3 is 14.8 Å². The lowest BCUT2D eigenvalue weighted by Crippen LogP contribution is -2.07. The monoisotopic (exact) mass is 314 g/mol. The highest BCUT2D eigenvalue weighted by atomic mass is 16.5. The van der Waals surface area contributed by atoms with Crippen LogP contribution in [0.1, 0.15) is 11.4 Å². The van der Waals surface area contributed by atoms with Crippen molar-refractivity contribution in [2.45, 2.75) is 6.42 Å². The number of nitrogens with one attached hydrogen (secondary N) is 2. The highest BCUT2D eigenvalue weighted by Crippen LogP contribution is 2.29. The third-order valence-electron chi connectivity index (χ3n) is 2.96. The van der Waals surface area contributed by atoms with Gasteiger partial charge in [0.05, 0.1) is 26.3 Å². The standard InChI is InChI=1S/C14H14N6O3/c1-22-11-5-3-4-9(6-12(21)23-2)13(11)16-8-10(7-15)14-17-19-20-18-14/h3-5,8,16H,6H2,1-2H3,(H,17,18,19,20). The van der Waals surface area contributed by atoms with Gasteiger partial charge in [-0.3, -0.25) is 4.79 Å². The van der Waals surface area contributed by atoms with E-state index in [0.29, 0.717) is 17.0 Å². The van der Waals surface area contributed by atoms with Crippen molar-refractivity contribution >= 4 is 17.2 Å². The smallest absolute Gasteiger partial charge is 0.310 e. The molecule has 1 aromatic heterocycles. The summed E-state index contributed by atoms with van der Waals surface area (Å²) in [7, 11) is 2.83. The van der Waals surface area contributed by atoms with E-state index in [1.807, 2.05) is 6.07 Å². The van der Waals surface area contributed by atoms with Gasteiger partial charge in [-0.25, -0.2) is 0 Å². The number of anilines is 1. The molecule has 0 spiro atoms. The number of hydrogen-bond acceptors (Lipinski definition) is 8. The zero-order valence-electron chi connectivity index (χ0n) is 12.5. The predicted octanol–water partition coefficient (Wildman–Crippen LogP) is 0.900. The second-order valence-corrected chi connectivity index (χ2v) is 4.30. The molecule has 118 valence electrons. The van der Waals surface area contributed by atoms with Gasteiger partial charge in [-0.05, 0) is 16.8 Å². The number of hydrogen-bond donors (Lipinski definition) is 2. The van der Waals surface area contributed by atoms with E-state index < -0.39 is 0 Å². The molecule has 0 saturated heterocycles. The quantitative estimate of drug-likeness (QED) is 0.595. The van der Waals surface area contributed by atoms with Gasteiger partial charge in [-0.1, -0.05) is 12.1 Å². The number of carbonyl (C=O) groups excluding carboxylic acids is 1. The molecule has 9 nitrogen and oxygen atoms in total. The third kappa shape index (κ3) is 3.82. The summed E-state index contributed by atoms with van der Waals surface area (Å²) in [6.07, 6.45) is 1.48. The average Bonchev–Trinajstić information content (AvgIpc) is 3.10. The van der Waals surface area contributed by atoms with Crippen molar-refractivity contribution in [2.75, 3.05) is 19.5 Å². The number of tetrazole rings is 1. The van der Waals surface area contributed by atoms with E-state index in [1.54, 1.807) is 18.2 Å². The Morgan fingerprint density at radius 1 is 1.48 bits per heavy atom. The number of carbonyl (C=O) groups is 1. The van der Waals surface area contributed by atoms with Crippen molar-refractivity contribution in [1.82, 2.24) is 20.6 Å². The Morgan fingerprint density at radius 3 is 2.91 bits per heavy atom. The van der Waals surface area contributed by atoms with Crippen LogP contribution in [0.4, 0.5) is 5.69 Å². The maximum absolute atomic E-state index is 11.5. The zero-order valence-corrected chi connectivity index (χ0v) is 12.5. The summed E-state index contributed by atoms with van der Waals surface area (Å²) in [5.74, 6) is 0.293. The molecule has 1 heterocycles. The highest BCUT2D eigenvalue weighted by Gasteiger charge is 2.13. The normalized spacial score (nSPS) is 10.7. The first-order valence-electron chi connectivity index (χ1n) is 6.53. The molecule has 0 radical (unpaired) electrons. The molecular weight excluding hydrogens is 300 g/mol. The molecule has 0 amide bonds. The van der Waals surface area contributed by atoms with Crippen LogP contribution in [0.2, 0.25) is 0 Å². The van der Waals surface area contributed by atoms with Crippen LogP contribution >= 0.6 is 0 Å². The summed E-state index contributed by atoms with van der Waals surface area (Å²) in [4.78, 5) is 11.5. The van der Waals surface area contributed by atoms with Crippen molar-refractivity contribution in [3.05, 3.63) is 35.8 Å². The van der Waals surface area contributed by atoms with Crippen LogP contribution in [0.5, 0.6) is 5.75 Å². The molecule has 2 N–H and O–H groups in total. The second-order valence-electron chi connectivity index (χ2n) is 4.30. The summed E-state index contributed by atoms with van der Waals surface area (Å²) >= 11 is 0. The Bertz CT molecular complexity index is 748. The lowest BCUT2D eigenvalue weighted by molar-refractivity contribution is -0.139. The van der Waals surface area contributed by atoms with E-state index in [2.05, 4.69) is 30.7 Å². The number of rotatable bonds is 6. The minimum Gasteiger partial charge on any atom is -0.495 e. The predicted molar refractivity (Wildman–Crippen MR) is 80.1 cm³/mol. The number of nitrogens with zero attached hydrogens (tertiary/aromatic N) is 4. The molecule has 9 heteroatoms. The molecule has 1 aromatic carbocycles. The van der Waals surface area contributed by atoms with E-state index >= 15 is 0 Å². The van der Waals surface area contributed by atoms with Gasteiger partial charge in [-0.15, -0.1) is 10.2 Å². The Hall–Kier alpha value is -3.41. The molecule has 0 aliphatic carbocycles. The van der Waals surface area contributed by atoms with E-state index in [0.717, 1.165) is 0 Å². The van der Waals surface area contributed by atoms with E-state index in [-0.39, 0.29) is 23.8 Å². The fourth-order valence-electron chi connectivity index (χ4n) is 1.85. The number of H-pyrrole nitrogens is 1. The second kappa shape index (κ2) is 7.56. The lowest BCUT2D eigenvalue weighted by Gasteiger charge is -2.13. The first-order chi connectivity index (χ1) is 11.2. The summed E-state index contributed by atoms with van der Waals surface area (Å²) in [6, 6.07) is 7.22. The lowest BCUT2D eigenvalue weighted by atomic mass is 10.1.